The third-order valence-corrected chi connectivity index (χ3v) is 6.76. The van der Waals surface area contributed by atoms with Gasteiger partial charge in [0.15, 0.2) is 0 Å². The van der Waals surface area contributed by atoms with Crippen molar-refractivity contribution in [2.75, 3.05) is 6.61 Å². The molecule has 0 spiro atoms. The van der Waals surface area contributed by atoms with Crippen LogP contribution in [0.25, 0.3) is 0 Å². The predicted octanol–water partition coefficient (Wildman–Crippen LogP) is 2.34. The number of amides is 1. The molecule has 112 valence electrons. The summed E-state index contributed by atoms with van der Waals surface area (Å²) in [4.78, 5) is 12.6. The number of fused-ring (bicyclic) bond motifs is 5. The quantitative estimate of drug-likeness (QED) is 0.778. The smallest absolute Gasteiger partial charge is 0.223 e. The molecule has 1 amide bonds. The summed E-state index contributed by atoms with van der Waals surface area (Å²) < 4.78 is 0. The Labute approximate surface area is 121 Å². The highest BCUT2D eigenvalue weighted by Crippen LogP contribution is 2.69. The molecule has 0 heterocycles. The van der Waals surface area contributed by atoms with Crippen LogP contribution in [0, 0.1) is 35.5 Å². The van der Waals surface area contributed by atoms with Crippen molar-refractivity contribution in [2.45, 2.75) is 57.4 Å². The first-order valence-corrected chi connectivity index (χ1v) is 8.71. The SMILES string of the molecule is O=C(N[C@@H]1CCCCC[C@@H]1CO)C1[C@H]2[C@H]3CC[C@@H](C3)[C@H]12. The number of aliphatic hydroxyl groups excluding tert-OH is 1. The van der Waals surface area contributed by atoms with Crippen LogP contribution < -0.4 is 5.32 Å². The van der Waals surface area contributed by atoms with Gasteiger partial charge in [0.2, 0.25) is 5.91 Å². The monoisotopic (exact) mass is 277 g/mol. The number of rotatable bonds is 3. The van der Waals surface area contributed by atoms with Crippen molar-refractivity contribution in [1.29, 1.82) is 0 Å². The third-order valence-electron chi connectivity index (χ3n) is 6.76. The van der Waals surface area contributed by atoms with Crippen molar-refractivity contribution in [2.24, 2.45) is 35.5 Å². The largest absolute Gasteiger partial charge is 0.396 e. The Morgan fingerprint density at radius 3 is 2.40 bits per heavy atom. The molecule has 4 fully saturated rings. The van der Waals surface area contributed by atoms with Crippen molar-refractivity contribution >= 4 is 5.91 Å². The van der Waals surface area contributed by atoms with Gasteiger partial charge in [-0.05, 0) is 55.8 Å². The van der Waals surface area contributed by atoms with Gasteiger partial charge in [-0.15, -0.1) is 0 Å². The van der Waals surface area contributed by atoms with Crippen LogP contribution in [0.3, 0.4) is 0 Å². The fraction of sp³-hybridized carbons (Fsp3) is 0.941. The summed E-state index contributed by atoms with van der Waals surface area (Å²) in [6.45, 7) is 0.230. The van der Waals surface area contributed by atoms with Crippen molar-refractivity contribution in [1.82, 2.24) is 5.32 Å². The van der Waals surface area contributed by atoms with E-state index in [9.17, 15) is 9.90 Å². The zero-order valence-electron chi connectivity index (χ0n) is 12.3. The number of carbonyl (C=O) groups excluding carboxylic acids is 1. The topological polar surface area (TPSA) is 49.3 Å². The molecule has 0 aromatic heterocycles. The van der Waals surface area contributed by atoms with Crippen LogP contribution in [0.4, 0.5) is 0 Å². The Hall–Kier alpha value is -0.570. The molecule has 0 saturated heterocycles. The van der Waals surface area contributed by atoms with E-state index in [2.05, 4.69) is 5.32 Å². The van der Waals surface area contributed by atoms with Crippen LogP contribution in [-0.4, -0.2) is 23.7 Å². The van der Waals surface area contributed by atoms with Crippen molar-refractivity contribution in [3.8, 4) is 0 Å². The van der Waals surface area contributed by atoms with Gasteiger partial charge in [0.05, 0.1) is 0 Å². The summed E-state index contributed by atoms with van der Waals surface area (Å²) in [7, 11) is 0. The number of hydrogen-bond acceptors (Lipinski definition) is 2. The average molecular weight is 277 g/mol. The van der Waals surface area contributed by atoms with E-state index in [1.165, 1.54) is 38.5 Å². The molecule has 2 N–H and O–H groups in total. The molecule has 3 heteroatoms. The van der Waals surface area contributed by atoms with E-state index in [0.717, 1.165) is 36.5 Å². The van der Waals surface area contributed by atoms with Gasteiger partial charge < -0.3 is 10.4 Å². The highest BCUT2D eigenvalue weighted by atomic mass is 16.3. The fourth-order valence-corrected chi connectivity index (χ4v) is 5.75. The van der Waals surface area contributed by atoms with Gasteiger partial charge in [0, 0.05) is 24.5 Å². The Morgan fingerprint density at radius 2 is 1.70 bits per heavy atom. The maximum atomic E-state index is 12.6. The molecular formula is C17H27NO2. The average Bonchev–Trinajstić information content (AvgIpc) is 3.01. The van der Waals surface area contributed by atoms with Crippen molar-refractivity contribution in [3.63, 3.8) is 0 Å². The molecule has 4 aliphatic rings. The van der Waals surface area contributed by atoms with Crippen molar-refractivity contribution in [3.05, 3.63) is 0 Å². The zero-order chi connectivity index (χ0) is 13.7. The molecule has 0 aromatic carbocycles. The maximum absolute atomic E-state index is 12.6. The lowest BCUT2D eigenvalue weighted by Crippen LogP contribution is -2.42. The molecule has 4 aliphatic carbocycles. The van der Waals surface area contributed by atoms with Gasteiger partial charge >= 0.3 is 0 Å². The second-order valence-electron chi connectivity index (χ2n) is 7.71. The normalized spacial score (nSPS) is 49.5. The molecule has 0 unspecified atom stereocenters. The minimum absolute atomic E-state index is 0.230. The van der Waals surface area contributed by atoms with E-state index < -0.39 is 0 Å². The summed E-state index contributed by atoms with van der Waals surface area (Å²) in [5, 5.41) is 12.9. The standard InChI is InChI=1S/C17H27NO2/c19-9-12-4-2-1-3-5-13(12)18-17(20)16-14-10-6-7-11(8-10)15(14)16/h10-16,19H,1-9H2,(H,18,20)/t10-,11-,12+,13+,14-,15-/m0/s1. The lowest BCUT2D eigenvalue weighted by atomic mass is 9.94. The molecule has 2 bridgehead atoms. The first-order chi connectivity index (χ1) is 9.79. The molecule has 0 radical (unpaired) electrons. The van der Waals surface area contributed by atoms with E-state index in [4.69, 9.17) is 0 Å². The van der Waals surface area contributed by atoms with Crippen LogP contribution in [0.15, 0.2) is 0 Å². The van der Waals surface area contributed by atoms with Gasteiger partial charge in [0.25, 0.3) is 0 Å². The predicted molar refractivity (Wildman–Crippen MR) is 76.9 cm³/mol. The number of nitrogens with one attached hydrogen (secondary N) is 1. The first-order valence-electron chi connectivity index (χ1n) is 8.71. The lowest BCUT2D eigenvalue weighted by Gasteiger charge is -2.25. The molecule has 4 rings (SSSR count). The minimum Gasteiger partial charge on any atom is -0.396 e. The second kappa shape index (κ2) is 5.01. The molecule has 20 heavy (non-hydrogen) atoms. The Balaban J connectivity index is 1.38. The molecular weight excluding hydrogens is 250 g/mol. The number of carbonyl (C=O) groups is 1. The van der Waals surface area contributed by atoms with Crippen LogP contribution in [0.5, 0.6) is 0 Å². The molecule has 0 aromatic rings. The van der Waals surface area contributed by atoms with Gasteiger partial charge in [-0.1, -0.05) is 19.3 Å². The minimum atomic E-state index is 0.230. The summed E-state index contributed by atoms with van der Waals surface area (Å²) in [5.41, 5.74) is 0. The van der Waals surface area contributed by atoms with Gasteiger partial charge in [0.1, 0.15) is 0 Å². The van der Waals surface area contributed by atoms with E-state index in [0.29, 0.717) is 11.8 Å². The van der Waals surface area contributed by atoms with E-state index >= 15 is 0 Å². The van der Waals surface area contributed by atoms with Crippen molar-refractivity contribution < 1.29 is 9.90 Å². The lowest BCUT2D eigenvalue weighted by molar-refractivity contribution is -0.124. The van der Waals surface area contributed by atoms with Gasteiger partial charge in [-0.25, -0.2) is 0 Å². The summed E-state index contributed by atoms with van der Waals surface area (Å²) in [6.07, 6.45) is 9.94. The van der Waals surface area contributed by atoms with Crippen LogP contribution in [0.2, 0.25) is 0 Å². The Kier molecular flexibility index (Phi) is 3.29. The maximum Gasteiger partial charge on any atom is 0.223 e. The first kappa shape index (κ1) is 13.1. The number of hydrogen-bond donors (Lipinski definition) is 2. The summed E-state index contributed by atoms with van der Waals surface area (Å²) in [6, 6.07) is 0.231. The second-order valence-corrected chi connectivity index (χ2v) is 7.71. The van der Waals surface area contributed by atoms with Gasteiger partial charge in [-0.3, -0.25) is 4.79 Å². The Morgan fingerprint density at radius 1 is 1.00 bits per heavy atom. The molecule has 6 atom stereocenters. The van der Waals surface area contributed by atoms with E-state index in [1.807, 2.05) is 0 Å². The van der Waals surface area contributed by atoms with Crippen LogP contribution >= 0.6 is 0 Å². The molecule has 0 aliphatic heterocycles. The van der Waals surface area contributed by atoms with Crippen LogP contribution in [-0.2, 0) is 4.79 Å². The summed E-state index contributed by atoms with van der Waals surface area (Å²) >= 11 is 0. The number of aliphatic hydroxyl groups is 1. The fourth-order valence-electron chi connectivity index (χ4n) is 5.75. The van der Waals surface area contributed by atoms with E-state index in [1.54, 1.807) is 0 Å². The highest BCUT2D eigenvalue weighted by molar-refractivity contribution is 5.83. The van der Waals surface area contributed by atoms with Crippen LogP contribution in [0.1, 0.15) is 51.4 Å². The van der Waals surface area contributed by atoms with E-state index in [-0.39, 0.29) is 18.6 Å². The highest BCUT2D eigenvalue weighted by Gasteiger charge is 2.67. The van der Waals surface area contributed by atoms with Gasteiger partial charge in [-0.2, -0.15) is 0 Å². The zero-order valence-corrected chi connectivity index (χ0v) is 12.3. The molecule has 3 nitrogen and oxygen atoms in total. The summed E-state index contributed by atoms with van der Waals surface area (Å²) in [5.74, 6) is 4.13. The molecule has 4 saturated carbocycles. The third kappa shape index (κ3) is 2.01. The Bertz CT molecular complexity index is 380.